The molecule has 1 saturated heterocycles. The van der Waals surface area contributed by atoms with Gasteiger partial charge in [-0.3, -0.25) is 4.79 Å². The molecule has 2 N–H and O–H groups in total. The molecule has 2 aromatic rings. The van der Waals surface area contributed by atoms with E-state index in [1.165, 1.54) is 12.8 Å². The molecular formula is C20H31Cl2N7O. The van der Waals surface area contributed by atoms with Crippen molar-refractivity contribution in [3.05, 3.63) is 30.3 Å². The summed E-state index contributed by atoms with van der Waals surface area (Å²) < 4.78 is 1.63. The van der Waals surface area contributed by atoms with Gasteiger partial charge in [-0.2, -0.15) is 4.68 Å². The number of hydrogen-bond acceptors (Lipinski definition) is 6. The molecule has 4 rings (SSSR count). The van der Waals surface area contributed by atoms with E-state index < -0.39 is 0 Å². The summed E-state index contributed by atoms with van der Waals surface area (Å²) in [6.45, 7) is 4.77. The molecule has 1 aliphatic carbocycles. The Balaban J connectivity index is 0.00000160. The van der Waals surface area contributed by atoms with Crippen LogP contribution in [-0.4, -0.2) is 62.7 Å². The second-order valence-electron chi connectivity index (χ2n) is 7.81. The van der Waals surface area contributed by atoms with Crippen molar-refractivity contribution in [3.63, 3.8) is 0 Å². The molecule has 166 valence electrons. The lowest BCUT2D eigenvalue weighted by molar-refractivity contribution is -0.133. The minimum Gasteiger partial charge on any atom is -0.341 e. The van der Waals surface area contributed by atoms with E-state index in [0.717, 1.165) is 44.1 Å². The van der Waals surface area contributed by atoms with Gasteiger partial charge < -0.3 is 15.5 Å². The van der Waals surface area contributed by atoms with Crippen LogP contribution in [0.25, 0.3) is 5.69 Å². The van der Waals surface area contributed by atoms with Crippen LogP contribution in [0.5, 0.6) is 0 Å². The second kappa shape index (κ2) is 11.5. The SMILES string of the molecule is CCC(Nc1nnnn1-c1ccccc1)C(=O)N1CCC(NCC2CC2)CC1.Cl.Cl. The predicted molar refractivity (Wildman–Crippen MR) is 122 cm³/mol. The maximum atomic E-state index is 13.1. The molecule has 1 atom stereocenters. The number of halogens is 2. The molecule has 2 aliphatic rings. The van der Waals surface area contributed by atoms with Gasteiger partial charge in [0.25, 0.3) is 0 Å². The van der Waals surface area contributed by atoms with E-state index in [-0.39, 0.29) is 36.8 Å². The van der Waals surface area contributed by atoms with Crippen LogP contribution < -0.4 is 10.6 Å². The minimum atomic E-state index is -0.329. The summed E-state index contributed by atoms with van der Waals surface area (Å²) in [5.41, 5.74) is 0.861. The summed E-state index contributed by atoms with van der Waals surface area (Å²) in [5.74, 6) is 1.52. The topological polar surface area (TPSA) is 88.0 Å². The Morgan fingerprint density at radius 1 is 1.13 bits per heavy atom. The third-order valence-electron chi connectivity index (χ3n) is 5.68. The van der Waals surface area contributed by atoms with Crippen LogP contribution in [0.2, 0.25) is 0 Å². The molecule has 1 amide bonds. The smallest absolute Gasteiger partial charge is 0.248 e. The van der Waals surface area contributed by atoms with Crippen LogP contribution in [0.4, 0.5) is 5.95 Å². The molecule has 8 nitrogen and oxygen atoms in total. The lowest BCUT2D eigenvalue weighted by Gasteiger charge is -2.34. The van der Waals surface area contributed by atoms with Crippen molar-refractivity contribution in [1.29, 1.82) is 0 Å². The normalized spacial score (nSPS) is 17.6. The molecule has 1 saturated carbocycles. The van der Waals surface area contributed by atoms with Gasteiger partial charge in [0.2, 0.25) is 11.9 Å². The first-order valence-corrected chi connectivity index (χ1v) is 10.4. The highest BCUT2D eigenvalue weighted by Gasteiger charge is 2.29. The molecule has 2 fully saturated rings. The van der Waals surface area contributed by atoms with E-state index in [1.54, 1.807) is 4.68 Å². The zero-order chi connectivity index (χ0) is 19.3. The Labute approximate surface area is 190 Å². The molecule has 1 aliphatic heterocycles. The van der Waals surface area contributed by atoms with Gasteiger partial charge in [-0.15, -0.1) is 24.8 Å². The maximum Gasteiger partial charge on any atom is 0.248 e. The third-order valence-corrected chi connectivity index (χ3v) is 5.68. The molecule has 1 aromatic heterocycles. The number of piperidine rings is 1. The number of hydrogen-bond donors (Lipinski definition) is 2. The maximum absolute atomic E-state index is 13.1. The van der Waals surface area contributed by atoms with Crippen LogP contribution in [-0.2, 0) is 4.79 Å². The van der Waals surface area contributed by atoms with E-state index >= 15 is 0 Å². The van der Waals surface area contributed by atoms with Gasteiger partial charge in [0.1, 0.15) is 6.04 Å². The van der Waals surface area contributed by atoms with Gasteiger partial charge in [0.15, 0.2) is 0 Å². The summed E-state index contributed by atoms with van der Waals surface area (Å²) >= 11 is 0. The molecule has 1 aromatic carbocycles. The van der Waals surface area contributed by atoms with Crippen LogP contribution >= 0.6 is 24.8 Å². The lowest BCUT2D eigenvalue weighted by Crippen LogP contribution is -2.50. The van der Waals surface area contributed by atoms with Crippen molar-refractivity contribution >= 4 is 36.7 Å². The Kier molecular flexibility index (Phi) is 9.33. The monoisotopic (exact) mass is 455 g/mol. The van der Waals surface area contributed by atoms with Crippen LogP contribution in [0, 0.1) is 5.92 Å². The molecule has 0 spiro atoms. The Hall–Kier alpha value is -1.90. The molecule has 0 bridgehead atoms. The summed E-state index contributed by atoms with van der Waals surface area (Å²) in [7, 11) is 0. The first-order chi connectivity index (χ1) is 13.7. The molecule has 30 heavy (non-hydrogen) atoms. The van der Waals surface area contributed by atoms with E-state index in [9.17, 15) is 4.79 Å². The summed E-state index contributed by atoms with van der Waals surface area (Å²) in [4.78, 5) is 15.0. The number of anilines is 1. The number of carbonyl (C=O) groups excluding carboxylic acids is 1. The number of tetrazole rings is 1. The Morgan fingerprint density at radius 3 is 2.47 bits per heavy atom. The Bertz CT molecular complexity index is 776. The highest BCUT2D eigenvalue weighted by atomic mass is 35.5. The van der Waals surface area contributed by atoms with Crippen molar-refractivity contribution in [1.82, 2.24) is 30.4 Å². The number of benzene rings is 1. The highest BCUT2D eigenvalue weighted by Crippen LogP contribution is 2.28. The fourth-order valence-electron chi connectivity index (χ4n) is 3.69. The number of likely N-dealkylation sites (tertiary alicyclic amines) is 1. The van der Waals surface area contributed by atoms with Crippen LogP contribution in [0.15, 0.2) is 30.3 Å². The average molecular weight is 456 g/mol. The fraction of sp³-hybridized carbons (Fsp3) is 0.600. The lowest BCUT2D eigenvalue weighted by atomic mass is 10.0. The molecule has 10 heteroatoms. The molecule has 1 unspecified atom stereocenters. The first kappa shape index (κ1) is 24.4. The van der Waals surface area contributed by atoms with Crippen molar-refractivity contribution in [2.75, 3.05) is 25.0 Å². The first-order valence-electron chi connectivity index (χ1n) is 10.4. The average Bonchev–Trinajstić information content (AvgIpc) is 3.47. The number of amides is 1. The van der Waals surface area contributed by atoms with Crippen LogP contribution in [0.1, 0.15) is 39.0 Å². The summed E-state index contributed by atoms with van der Waals surface area (Å²) in [6.07, 6.45) is 5.47. The predicted octanol–water partition coefficient (Wildman–Crippen LogP) is 2.69. The van der Waals surface area contributed by atoms with Gasteiger partial charge in [0.05, 0.1) is 5.69 Å². The van der Waals surface area contributed by atoms with Crippen molar-refractivity contribution < 1.29 is 4.79 Å². The fourth-order valence-corrected chi connectivity index (χ4v) is 3.69. The van der Waals surface area contributed by atoms with Crippen molar-refractivity contribution in [2.45, 2.75) is 51.1 Å². The summed E-state index contributed by atoms with van der Waals surface area (Å²) in [5, 5.41) is 18.8. The van der Waals surface area contributed by atoms with E-state index in [4.69, 9.17) is 0 Å². The number of para-hydroxylation sites is 1. The molecular weight excluding hydrogens is 425 g/mol. The molecule has 0 radical (unpaired) electrons. The number of nitrogens with one attached hydrogen (secondary N) is 2. The van der Waals surface area contributed by atoms with E-state index in [2.05, 4.69) is 26.2 Å². The van der Waals surface area contributed by atoms with Crippen molar-refractivity contribution in [2.24, 2.45) is 5.92 Å². The largest absolute Gasteiger partial charge is 0.341 e. The zero-order valence-electron chi connectivity index (χ0n) is 17.2. The molecule has 2 heterocycles. The third kappa shape index (κ3) is 6.06. The van der Waals surface area contributed by atoms with Gasteiger partial charge in [-0.25, -0.2) is 0 Å². The number of carbonyl (C=O) groups is 1. The standard InChI is InChI=1S/C20H29N7O.2ClH/c1-2-18(22-20-23-24-25-27(20)17-6-4-3-5-7-17)19(28)26-12-10-16(11-13-26)21-14-15-8-9-15;;/h3-7,15-16,18,21H,2,8-14H2,1H3,(H,22,23,25);2*1H. The van der Waals surface area contributed by atoms with Crippen molar-refractivity contribution in [3.8, 4) is 5.69 Å². The van der Waals surface area contributed by atoms with E-state index in [1.807, 2.05) is 42.2 Å². The Morgan fingerprint density at radius 2 is 1.83 bits per heavy atom. The number of rotatable bonds is 8. The quantitative estimate of drug-likeness (QED) is 0.635. The summed E-state index contributed by atoms with van der Waals surface area (Å²) in [6, 6.07) is 9.90. The van der Waals surface area contributed by atoms with Gasteiger partial charge in [0, 0.05) is 19.1 Å². The minimum absolute atomic E-state index is 0. The number of nitrogens with zero attached hydrogens (tertiary/aromatic N) is 5. The van der Waals surface area contributed by atoms with E-state index in [0.29, 0.717) is 18.4 Å². The number of aromatic nitrogens is 4. The second-order valence-corrected chi connectivity index (χ2v) is 7.81. The van der Waals surface area contributed by atoms with Crippen LogP contribution in [0.3, 0.4) is 0 Å². The highest BCUT2D eigenvalue weighted by molar-refractivity contribution is 5.85. The zero-order valence-corrected chi connectivity index (χ0v) is 18.9. The van der Waals surface area contributed by atoms with Gasteiger partial charge in [-0.05, 0) is 67.1 Å². The van der Waals surface area contributed by atoms with Gasteiger partial charge in [-0.1, -0.05) is 30.2 Å². The van der Waals surface area contributed by atoms with Gasteiger partial charge >= 0.3 is 0 Å².